The van der Waals surface area contributed by atoms with Gasteiger partial charge in [-0.2, -0.15) is 0 Å². The van der Waals surface area contributed by atoms with Crippen molar-refractivity contribution in [3.63, 3.8) is 0 Å². The Morgan fingerprint density at radius 2 is 1.93 bits per heavy atom. The lowest BCUT2D eigenvalue weighted by atomic mass is 9.84. The first-order valence-corrected chi connectivity index (χ1v) is 6.80. The van der Waals surface area contributed by atoms with Crippen LogP contribution in [0.25, 0.3) is 0 Å². The van der Waals surface area contributed by atoms with Crippen molar-refractivity contribution in [3.8, 4) is 0 Å². The summed E-state index contributed by atoms with van der Waals surface area (Å²) in [5, 5.41) is 0. The van der Waals surface area contributed by atoms with Gasteiger partial charge in [0.15, 0.2) is 0 Å². The van der Waals surface area contributed by atoms with E-state index in [1.807, 2.05) is 0 Å². The second kappa shape index (κ2) is 5.16. The van der Waals surface area contributed by atoms with Gasteiger partial charge in [-0.3, -0.25) is 0 Å². The number of rotatable bonds is 2. The SMILES string of the molecule is Cc1cc(Br)ccc1CC1CCCCC1. The Labute approximate surface area is 101 Å². The van der Waals surface area contributed by atoms with E-state index in [-0.39, 0.29) is 0 Å². The first-order valence-electron chi connectivity index (χ1n) is 6.01. The third kappa shape index (κ3) is 3.07. The molecule has 2 rings (SSSR count). The highest BCUT2D eigenvalue weighted by Gasteiger charge is 2.14. The van der Waals surface area contributed by atoms with Crippen LogP contribution in [-0.2, 0) is 6.42 Å². The van der Waals surface area contributed by atoms with Crippen LogP contribution in [0.5, 0.6) is 0 Å². The van der Waals surface area contributed by atoms with E-state index < -0.39 is 0 Å². The second-order valence-corrected chi connectivity index (χ2v) is 5.69. The standard InChI is InChI=1S/C14H19Br/c1-11-9-14(15)8-7-13(11)10-12-5-3-2-4-6-12/h7-9,12H,2-6,10H2,1H3. The number of halogens is 1. The average Bonchev–Trinajstić information content (AvgIpc) is 2.24. The van der Waals surface area contributed by atoms with Crippen LogP contribution in [0.2, 0.25) is 0 Å². The van der Waals surface area contributed by atoms with Gasteiger partial charge in [-0.15, -0.1) is 0 Å². The minimum absolute atomic E-state index is 0.943. The summed E-state index contributed by atoms with van der Waals surface area (Å²) in [6.45, 7) is 2.23. The molecular weight excluding hydrogens is 248 g/mol. The first-order chi connectivity index (χ1) is 7.25. The summed E-state index contributed by atoms with van der Waals surface area (Å²) in [6, 6.07) is 6.69. The molecule has 0 atom stereocenters. The minimum atomic E-state index is 0.943. The molecule has 0 N–H and O–H groups in total. The zero-order valence-electron chi connectivity index (χ0n) is 9.43. The van der Waals surface area contributed by atoms with Crippen LogP contribution in [0.4, 0.5) is 0 Å². The van der Waals surface area contributed by atoms with E-state index in [0.717, 1.165) is 5.92 Å². The lowest BCUT2D eigenvalue weighted by molar-refractivity contribution is 0.356. The van der Waals surface area contributed by atoms with Gasteiger partial charge in [-0.25, -0.2) is 0 Å². The molecule has 0 saturated heterocycles. The van der Waals surface area contributed by atoms with E-state index in [2.05, 4.69) is 41.1 Å². The van der Waals surface area contributed by atoms with E-state index in [0.29, 0.717) is 0 Å². The van der Waals surface area contributed by atoms with Crippen LogP contribution in [0.1, 0.15) is 43.2 Å². The highest BCUT2D eigenvalue weighted by Crippen LogP contribution is 2.28. The zero-order chi connectivity index (χ0) is 10.7. The Bertz CT molecular complexity index is 324. The molecule has 0 heterocycles. The molecule has 0 unspecified atom stereocenters. The quantitative estimate of drug-likeness (QED) is 0.716. The zero-order valence-corrected chi connectivity index (χ0v) is 11.0. The predicted octanol–water partition coefficient (Wildman–Crippen LogP) is 4.88. The van der Waals surface area contributed by atoms with E-state index in [4.69, 9.17) is 0 Å². The topological polar surface area (TPSA) is 0 Å². The van der Waals surface area contributed by atoms with Crippen LogP contribution < -0.4 is 0 Å². The summed E-state index contributed by atoms with van der Waals surface area (Å²) < 4.78 is 1.20. The summed E-state index contributed by atoms with van der Waals surface area (Å²) in [5.74, 6) is 0.943. The lowest BCUT2D eigenvalue weighted by Gasteiger charge is -2.22. The van der Waals surface area contributed by atoms with Crippen molar-refractivity contribution < 1.29 is 0 Å². The first kappa shape index (κ1) is 11.2. The van der Waals surface area contributed by atoms with E-state index in [1.165, 1.54) is 48.6 Å². The van der Waals surface area contributed by atoms with E-state index in [9.17, 15) is 0 Å². The minimum Gasteiger partial charge on any atom is -0.0576 e. The molecule has 0 amide bonds. The molecule has 0 nitrogen and oxygen atoms in total. The van der Waals surface area contributed by atoms with Crippen molar-refractivity contribution in [2.75, 3.05) is 0 Å². The Morgan fingerprint density at radius 1 is 1.20 bits per heavy atom. The summed E-state index contributed by atoms with van der Waals surface area (Å²) in [6.07, 6.45) is 8.51. The van der Waals surface area contributed by atoms with Gasteiger partial charge in [0.2, 0.25) is 0 Å². The summed E-state index contributed by atoms with van der Waals surface area (Å²) >= 11 is 3.52. The fraction of sp³-hybridized carbons (Fsp3) is 0.571. The van der Waals surface area contributed by atoms with Gasteiger partial charge in [-0.05, 0) is 42.5 Å². The molecule has 1 aromatic rings. The third-order valence-electron chi connectivity index (χ3n) is 3.54. The maximum Gasteiger partial charge on any atom is 0.0178 e. The number of aryl methyl sites for hydroxylation is 1. The van der Waals surface area contributed by atoms with Gasteiger partial charge in [0.25, 0.3) is 0 Å². The van der Waals surface area contributed by atoms with Gasteiger partial charge >= 0.3 is 0 Å². The maximum absolute atomic E-state index is 3.52. The molecule has 0 bridgehead atoms. The Balaban J connectivity index is 2.03. The van der Waals surface area contributed by atoms with Crippen LogP contribution in [0.3, 0.4) is 0 Å². The van der Waals surface area contributed by atoms with Gasteiger partial charge in [0.05, 0.1) is 0 Å². The molecule has 1 fully saturated rings. The molecule has 82 valence electrons. The summed E-state index contributed by atoms with van der Waals surface area (Å²) in [7, 11) is 0. The normalized spacial score (nSPS) is 18.0. The number of benzene rings is 1. The van der Waals surface area contributed by atoms with Gasteiger partial charge in [0.1, 0.15) is 0 Å². The number of hydrogen-bond acceptors (Lipinski definition) is 0. The Hall–Kier alpha value is -0.300. The highest BCUT2D eigenvalue weighted by atomic mass is 79.9. The third-order valence-corrected chi connectivity index (χ3v) is 4.03. The molecule has 1 aliphatic carbocycles. The molecule has 0 radical (unpaired) electrons. The van der Waals surface area contributed by atoms with Crippen LogP contribution in [0, 0.1) is 12.8 Å². The van der Waals surface area contributed by atoms with Crippen molar-refractivity contribution >= 4 is 15.9 Å². The molecular formula is C14H19Br. The van der Waals surface area contributed by atoms with Crippen LogP contribution in [0.15, 0.2) is 22.7 Å². The van der Waals surface area contributed by atoms with Crippen LogP contribution >= 0.6 is 15.9 Å². The molecule has 1 aliphatic rings. The summed E-state index contributed by atoms with van der Waals surface area (Å²) in [4.78, 5) is 0. The molecule has 0 spiro atoms. The highest BCUT2D eigenvalue weighted by molar-refractivity contribution is 9.10. The van der Waals surface area contributed by atoms with Gasteiger partial charge in [-0.1, -0.05) is 54.1 Å². The largest absolute Gasteiger partial charge is 0.0576 e. The predicted molar refractivity (Wildman–Crippen MR) is 69.2 cm³/mol. The molecule has 1 saturated carbocycles. The van der Waals surface area contributed by atoms with Gasteiger partial charge in [0, 0.05) is 4.47 Å². The van der Waals surface area contributed by atoms with Crippen molar-refractivity contribution in [1.29, 1.82) is 0 Å². The fourth-order valence-corrected chi connectivity index (χ4v) is 3.07. The summed E-state index contributed by atoms with van der Waals surface area (Å²) in [5.41, 5.74) is 2.99. The van der Waals surface area contributed by atoms with Gasteiger partial charge < -0.3 is 0 Å². The molecule has 1 aromatic carbocycles. The van der Waals surface area contributed by atoms with Crippen molar-refractivity contribution in [3.05, 3.63) is 33.8 Å². The van der Waals surface area contributed by atoms with Crippen LogP contribution in [-0.4, -0.2) is 0 Å². The Kier molecular flexibility index (Phi) is 3.85. The molecule has 0 aliphatic heterocycles. The number of hydrogen-bond donors (Lipinski definition) is 0. The van der Waals surface area contributed by atoms with E-state index in [1.54, 1.807) is 5.56 Å². The molecule has 1 heteroatoms. The Morgan fingerprint density at radius 3 is 2.60 bits per heavy atom. The van der Waals surface area contributed by atoms with Crippen molar-refractivity contribution in [1.82, 2.24) is 0 Å². The fourth-order valence-electron chi connectivity index (χ4n) is 2.59. The lowest BCUT2D eigenvalue weighted by Crippen LogP contribution is -2.09. The smallest absolute Gasteiger partial charge is 0.0178 e. The maximum atomic E-state index is 3.52. The average molecular weight is 267 g/mol. The van der Waals surface area contributed by atoms with Crippen molar-refractivity contribution in [2.45, 2.75) is 45.4 Å². The molecule has 15 heavy (non-hydrogen) atoms. The van der Waals surface area contributed by atoms with Crippen molar-refractivity contribution in [2.24, 2.45) is 5.92 Å². The second-order valence-electron chi connectivity index (χ2n) is 4.78. The molecule has 0 aromatic heterocycles. The van der Waals surface area contributed by atoms with E-state index >= 15 is 0 Å². The monoisotopic (exact) mass is 266 g/mol.